The highest BCUT2D eigenvalue weighted by Gasteiger charge is 1.98. The summed E-state index contributed by atoms with van der Waals surface area (Å²) in [6.45, 7) is 0.524. The van der Waals surface area contributed by atoms with Crippen LogP contribution < -0.4 is 10.6 Å². The standard InChI is InChI=1S/C10H11N3O/c11-8-12-7-10(14)13-6-9-4-2-1-3-5-9/h1-5,12H,6-7H2,(H,13,14). The molecule has 0 aliphatic heterocycles. The first-order valence-corrected chi connectivity index (χ1v) is 4.25. The number of amides is 1. The van der Waals surface area contributed by atoms with Gasteiger partial charge in [-0.3, -0.25) is 4.79 Å². The molecule has 0 saturated carbocycles. The van der Waals surface area contributed by atoms with Crippen LogP contribution in [0.5, 0.6) is 0 Å². The number of nitrogens with one attached hydrogen (secondary N) is 2. The monoisotopic (exact) mass is 189 g/mol. The van der Waals surface area contributed by atoms with Gasteiger partial charge in [0.05, 0.1) is 0 Å². The summed E-state index contributed by atoms with van der Waals surface area (Å²) >= 11 is 0. The molecular weight excluding hydrogens is 178 g/mol. The highest BCUT2D eigenvalue weighted by Crippen LogP contribution is 1.96. The summed E-state index contributed by atoms with van der Waals surface area (Å²) in [5.41, 5.74) is 1.04. The highest BCUT2D eigenvalue weighted by molar-refractivity contribution is 5.78. The van der Waals surface area contributed by atoms with E-state index in [1.165, 1.54) is 0 Å². The van der Waals surface area contributed by atoms with Crippen LogP contribution in [0, 0.1) is 11.5 Å². The van der Waals surface area contributed by atoms with Gasteiger partial charge >= 0.3 is 0 Å². The zero-order valence-corrected chi connectivity index (χ0v) is 7.66. The van der Waals surface area contributed by atoms with Crippen molar-refractivity contribution in [2.24, 2.45) is 0 Å². The summed E-state index contributed by atoms with van der Waals surface area (Å²) in [7, 11) is 0. The average molecular weight is 189 g/mol. The predicted octanol–water partition coefficient (Wildman–Crippen LogP) is 0.373. The number of hydrogen-bond acceptors (Lipinski definition) is 3. The van der Waals surface area contributed by atoms with Crippen molar-refractivity contribution in [3.8, 4) is 6.19 Å². The molecule has 2 N–H and O–H groups in total. The van der Waals surface area contributed by atoms with Crippen LogP contribution in [0.25, 0.3) is 0 Å². The third kappa shape index (κ3) is 3.59. The van der Waals surface area contributed by atoms with Gasteiger partial charge < -0.3 is 10.6 Å². The number of carbonyl (C=O) groups is 1. The molecule has 4 nitrogen and oxygen atoms in total. The Morgan fingerprint density at radius 2 is 2.07 bits per heavy atom. The summed E-state index contributed by atoms with van der Waals surface area (Å²) in [5, 5.41) is 13.1. The van der Waals surface area contributed by atoms with Gasteiger partial charge in [-0.15, -0.1) is 0 Å². The second-order valence-corrected chi connectivity index (χ2v) is 2.73. The van der Waals surface area contributed by atoms with Crippen LogP contribution in [-0.4, -0.2) is 12.5 Å². The van der Waals surface area contributed by atoms with Crippen molar-refractivity contribution in [2.45, 2.75) is 6.54 Å². The first kappa shape index (κ1) is 10.1. The fourth-order valence-electron chi connectivity index (χ4n) is 0.979. The van der Waals surface area contributed by atoms with Crippen LogP contribution in [0.1, 0.15) is 5.56 Å². The van der Waals surface area contributed by atoms with Crippen LogP contribution in [0.4, 0.5) is 0 Å². The lowest BCUT2D eigenvalue weighted by Gasteiger charge is -2.03. The van der Waals surface area contributed by atoms with Gasteiger partial charge in [0.25, 0.3) is 0 Å². The van der Waals surface area contributed by atoms with Crippen molar-refractivity contribution < 1.29 is 4.79 Å². The molecule has 1 rings (SSSR count). The maximum absolute atomic E-state index is 11.1. The van der Waals surface area contributed by atoms with E-state index in [2.05, 4.69) is 10.6 Å². The van der Waals surface area contributed by atoms with E-state index in [4.69, 9.17) is 5.26 Å². The Morgan fingerprint density at radius 1 is 1.36 bits per heavy atom. The minimum atomic E-state index is -0.185. The summed E-state index contributed by atoms with van der Waals surface area (Å²) < 4.78 is 0. The molecular formula is C10H11N3O. The number of nitriles is 1. The van der Waals surface area contributed by atoms with Gasteiger partial charge in [-0.05, 0) is 5.56 Å². The Kier molecular flexibility index (Phi) is 4.02. The molecule has 4 heteroatoms. The van der Waals surface area contributed by atoms with E-state index >= 15 is 0 Å². The molecule has 0 aromatic heterocycles. The van der Waals surface area contributed by atoms with E-state index in [0.29, 0.717) is 6.54 Å². The largest absolute Gasteiger partial charge is 0.350 e. The molecule has 0 spiro atoms. The molecule has 0 fully saturated rings. The zero-order valence-electron chi connectivity index (χ0n) is 7.66. The number of benzene rings is 1. The first-order chi connectivity index (χ1) is 6.83. The van der Waals surface area contributed by atoms with E-state index in [0.717, 1.165) is 5.56 Å². The van der Waals surface area contributed by atoms with Crippen LogP contribution in [0.15, 0.2) is 30.3 Å². The fraction of sp³-hybridized carbons (Fsp3) is 0.200. The second-order valence-electron chi connectivity index (χ2n) is 2.73. The second kappa shape index (κ2) is 5.60. The molecule has 72 valence electrons. The van der Waals surface area contributed by atoms with E-state index in [1.54, 1.807) is 6.19 Å². The molecule has 14 heavy (non-hydrogen) atoms. The van der Waals surface area contributed by atoms with Gasteiger partial charge in [-0.2, -0.15) is 5.26 Å². The van der Waals surface area contributed by atoms with Gasteiger partial charge in [0.1, 0.15) is 6.54 Å². The van der Waals surface area contributed by atoms with Gasteiger partial charge in [-0.1, -0.05) is 30.3 Å². The lowest BCUT2D eigenvalue weighted by molar-refractivity contribution is -0.120. The Labute approximate surface area is 82.5 Å². The Hall–Kier alpha value is -2.02. The maximum atomic E-state index is 11.1. The number of nitrogens with zero attached hydrogens (tertiary/aromatic N) is 1. The van der Waals surface area contributed by atoms with Crippen molar-refractivity contribution in [3.63, 3.8) is 0 Å². The maximum Gasteiger partial charge on any atom is 0.240 e. The van der Waals surface area contributed by atoms with Gasteiger partial charge in [0, 0.05) is 6.54 Å². The first-order valence-electron chi connectivity index (χ1n) is 4.25. The van der Waals surface area contributed by atoms with E-state index in [9.17, 15) is 4.79 Å². The molecule has 0 aliphatic carbocycles. The summed E-state index contributed by atoms with van der Waals surface area (Å²) in [5.74, 6) is -0.185. The summed E-state index contributed by atoms with van der Waals surface area (Å²) in [4.78, 5) is 11.1. The van der Waals surface area contributed by atoms with Crippen molar-refractivity contribution in [1.82, 2.24) is 10.6 Å². The Morgan fingerprint density at radius 3 is 2.71 bits per heavy atom. The SMILES string of the molecule is N#CNCC(=O)NCc1ccccc1. The van der Waals surface area contributed by atoms with Gasteiger partial charge in [0.2, 0.25) is 5.91 Å². The molecule has 1 aromatic carbocycles. The zero-order chi connectivity index (χ0) is 10.2. The minimum absolute atomic E-state index is 0.0311. The number of hydrogen-bond donors (Lipinski definition) is 2. The molecule has 0 radical (unpaired) electrons. The van der Waals surface area contributed by atoms with E-state index < -0.39 is 0 Å². The summed E-state index contributed by atoms with van der Waals surface area (Å²) in [6.07, 6.45) is 1.69. The van der Waals surface area contributed by atoms with E-state index in [-0.39, 0.29) is 12.5 Å². The molecule has 0 saturated heterocycles. The van der Waals surface area contributed by atoms with Crippen molar-refractivity contribution in [2.75, 3.05) is 6.54 Å². The third-order valence-electron chi connectivity index (χ3n) is 1.66. The molecule has 0 aliphatic rings. The molecule has 0 bridgehead atoms. The van der Waals surface area contributed by atoms with Crippen LogP contribution in [0.2, 0.25) is 0 Å². The highest BCUT2D eigenvalue weighted by atomic mass is 16.1. The normalized spacial score (nSPS) is 8.79. The fourth-order valence-corrected chi connectivity index (χ4v) is 0.979. The summed E-state index contributed by atoms with van der Waals surface area (Å²) in [6, 6.07) is 9.60. The minimum Gasteiger partial charge on any atom is -0.350 e. The number of rotatable bonds is 4. The van der Waals surface area contributed by atoms with Crippen molar-refractivity contribution in [3.05, 3.63) is 35.9 Å². The topological polar surface area (TPSA) is 64.9 Å². The quantitative estimate of drug-likeness (QED) is 0.531. The van der Waals surface area contributed by atoms with Gasteiger partial charge in [0.15, 0.2) is 6.19 Å². The van der Waals surface area contributed by atoms with Crippen LogP contribution >= 0.6 is 0 Å². The molecule has 1 aromatic rings. The molecule has 0 unspecified atom stereocenters. The Bertz CT molecular complexity index is 329. The molecule has 0 heterocycles. The van der Waals surface area contributed by atoms with Crippen LogP contribution in [0.3, 0.4) is 0 Å². The Balaban J connectivity index is 2.28. The van der Waals surface area contributed by atoms with Crippen LogP contribution in [-0.2, 0) is 11.3 Å². The van der Waals surface area contributed by atoms with E-state index in [1.807, 2.05) is 30.3 Å². The van der Waals surface area contributed by atoms with Crippen molar-refractivity contribution in [1.29, 1.82) is 5.26 Å². The number of carbonyl (C=O) groups excluding carboxylic acids is 1. The predicted molar refractivity (Wildman–Crippen MR) is 51.9 cm³/mol. The molecule has 0 atom stereocenters. The average Bonchev–Trinajstić information content (AvgIpc) is 2.25. The van der Waals surface area contributed by atoms with Crippen molar-refractivity contribution >= 4 is 5.91 Å². The molecule has 1 amide bonds. The smallest absolute Gasteiger partial charge is 0.240 e. The lowest BCUT2D eigenvalue weighted by Crippen LogP contribution is -2.31. The third-order valence-corrected chi connectivity index (χ3v) is 1.66. The lowest BCUT2D eigenvalue weighted by atomic mass is 10.2. The van der Waals surface area contributed by atoms with Gasteiger partial charge in [-0.25, -0.2) is 0 Å².